The number of carbonyl (C=O) groups is 1. The molecule has 0 atom stereocenters. The van der Waals surface area contributed by atoms with Crippen molar-refractivity contribution in [3.63, 3.8) is 0 Å². The molecule has 0 spiro atoms. The fraction of sp³-hybridized carbons (Fsp3) is 0.261. The van der Waals surface area contributed by atoms with Crippen molar-refractivity contribution in [2.75, 3.05) is 7.11 Å². The summed E-state index contributed by atoms with van der Waals surface area (Å²) in [7, 11) is 1.53. The molecule has 0 bridgehead atoms. The summed E-state index contributed by atoms with van der Waals surface area (Å²) in [6, 6.07) is 12.2. The molecule has 11 heteroatoms. The van der Waals surface area contributed by atoms with Crippen molar-refractivity contribution < 1.29 is 36.7 Å². The Labute approximate surface area is 191 Å². The van der Waals surface area contributed by atoms with Crippen molar-refractivity contribution in [1.29, 1.82) is 0 Å². The van der Waals surface area contributed by atoms with Gasteiger partial charge < -0.3 is 19.4 Å². The molecule has 2 aromatic heterocycles. The maximum atomic E-state index is 14.4. The van der Waals surface area contributed by atoms with Gasteiger partial charge in [-0.25, -0.2) is 14.2 Å². The summed E-state index contributed by atoms with van der Waals surface area (Å²) < 4.78 is 56.9. The smallest absolute Gasteiger partial charge is 0.490 e. The molecule has 2 heterocycles. The van der Waals surface area contributed by atoms with Crippen LogP contribution in [-0.4, -0.2) is 39.5 Å². The SMILES string of the molecule is COc1cccc(F)c1-c1ccc2nc(-c3cc(C(C)(C)C)no3)[nH]c2c1.O=C(O)C(F)(F)F. The predicted molar refractivity (Wildman–Crippen MR) is 116 cm³/mol. The first-order valence-corrected chi connectivity index (χ1v) is 9.91. The van der Waals surface area contributed by atoms with E-state index in [2.05, 4.69) is 35.9 Å². The third-order valence-corrected chi connectivity index (χ3v) is 4.72. The van der Waals surface area contributed by atoms with Crippen molar-refractivity contribution in [2.45, 2.75) is 32.4 Å². The van der Waals surface area contributed by atoms with Gasteiger partial charge in [0.25, 0.3) is 0 Å². The van der Waals surface area contributed by atoms with E-state index in [-0.39, 0.29) is 11.2 Å². The molecule has 0 aliphatic rings. The Balaban J connectivity index is 0.000000406. The number of imidazole rings is 1. The molecule has 0 fully saturated rings. The number of ether oxygens (including phenoxy) is 1. The van der Waals surface area contributed by atoms with E-state index in [1.807, 2.05) is 24.3 Å². The molecule has 0 saturated carbocycles. The Morgan fingerprint density at radius 2 is 1.79 bits per heavy atom. The number of H-pyrrole nitrogens is 1. The van der Waals surface area contributed by atoms with Crippen LogP contribution in [0.2, 0.25) is 0 Å². The number of hydrogen-bond donors (Lipinski definition) is 2. The lowest BCUT2D eigenvalue weighted by molar-refractivity contribution is -0.192. The van der Waals surface area contributed by atoms with Crippen molar-refractivity contribution in [3.05, 3.63) is 54.0 Å². The van der Waals surface area contributed by atoms with Crippen molar-refractivity contribution in [2.24, 2.45) is 0 Å². The van der Waals surface area contributed by atoms with Crippen molar-refractivity contribution >= 4 is 17.0 Å². The highest BCUT2D eigenvalue weighted by atomic mass is 19.4. The van der Waals surface area contributed by atoms with Crippen molar-refractivity contribution in [3.8, 4) is 28.5 Å². The fourth-order valence-corrected chi connectivity index (χ4v) is 2.98. The van der Waals surface area contributed by atoms with Crippen molar-refractivity contribution in [1.82, 2.24) is 15.1 Å². The van der Waals surface area contributed by atoms with Gasteiger partial charge in [-0.15, -0.1) is 0 Å². The van der Waals surface area contributed by atoms with Gasteiger partial charge in [0.1, 0.15) is 11.6 Å². The number of nitrogens with zero attached hydrogens (tertiary/aromatic N) is 2. The molecule has 4 aromatic rings. The minimum Gasteiger partial charge on any atom is -0.496 e. The maximum absolute atomic E-state index is 14.4. The van der Waals surface area contributed by atoms with Crippen LogP contribution in [0.15, 0.2) is 47.0 Å². The Bertz CT molecular complexity index is 1320. The molecule has 2 N–H and O–H groups in total. The third-order valence-electron chi connectivity index (χ3n) is 4.72. The maximum Gasteiger partial charge on any atom is 0.490 e. The van der Waals surface area contributed by atoms with E-state index in [1.165, 1.54) is 13.2 Å². The van der Waals surface area contributed by atoms with Crippen LogP contribution in [0.1, 0.15) is 26.5 Å². The minimum atomic E-state index is -5.08. The number of aromatic nitrogens is 3. The number of halogens is 4. The first-order valence-electron chi connectivity index (χ1n) is 9.91. The number of aromatic amines is 1. The summed E-state index contributed by atoms with van der Waals surface area (Å²) >= 11 is 0. The van der Waals surface area contributed by atoms with Crippen LogP contribution in [0.5, 0.6) is 5.75 Å². The first-order chi connectivity index (χ1) is 15.8. The molecule has 2 aromatic carbocycles. The van der Waals surface area contributed by atoms with Gasteiger partial charge in [0.05, 0.1) is 29.4 Å². The lowest BCUT2D eigenvalue weighted by atomic mass is 9.92. The van der Waals surface area contributed by atoms with Crippen LogP contribution in [0.4, 0.5) is 17.6 Å². The van der Waals surface area contributed by atoms with Gasteiger partial charge in [0, 0.05) is 11.5 Å². The normalized spacial score (nSPS) is 11.8. The van der Waals surface area contributed by atoms with Gasteiger partial charge in [0.2, 0.25) is 5.76 Å². The zero-order valence-corrected chi connectivity index (χ0v) is 18.6. The van der Waals surface area contributed by atoms with E-state index in [4.69, 9.17) is 19.2 Å². The summed E-state index contributed by atoms with van der Waals surface area (Å²) in [5.41, 5.74) is 3.42. The molecule has 34 heavy (non-hydrogen) atoms. The van der Waals surface area contributed by atoms with Gasteiger partial charge in [-0.1, -0.05) is 38.1 Å². The summed E-state index contributed by atoms with van der Waals surface area (Å²) in [5.74, 6) is -1.45. The lowest BCUT2D eigenvalue weighted by Crippen LogP contribution is -2.21. The summed E-state index contributed by atoms with van der Waals surface area (Å²) in [6.45, 7) is 6.21. The van der Waals surface area contributed by atoms with E-state index in [1.54, 1.807) is 12.1 Å². The number of methoxy groups -OCH3 is 1. The van der Waals surface area contributed by atoms with Crippen LogP contribution in [-0.2, 0) is 10.2 Å². The van der Waals surface area contributed by atoms with Gasteiger partial charge in [-0.2, -0.15) is 13.2 Å². The molecule has 0 unspecified atom stereocenters. The van der Waals surface area contributed by atoms with E-state index in [0.29, 0.717) is 28.5 Å². The van der Waals surface area contributed by atoms with E-state index >= 15 is 0 Å². The van der Waals surface area contributed by atoms with Crippen LogP contribution in [0, 0.1) is 5.82 Å². The Kier molecular flexibility index (Phi) is 6.67. The van der Waals surface area contributed by atoms with Gasteiger partial charge in [-0.3, -0.25) is 0 Å². The number of carboxylic acid groups (broad SMARTS) is 1. The first kappa shape index (κ1) is 24.7. The van der Waals surface area contributed by atoms with E-state index < -0.39 is 12.1 Å². The molecule has 0 radical (unpaired) electrons. The molecule has 0 aliphatic carbocycles. The molecule has 0 saturated heterocycles. The van der Waals surface area contributed by atoms with Gasteiger partial charge >= 0.3 is 12.1 Å². The van der Waals surface area contributed by atoms with Crippen LogP contribution >= 0.6 is 0 Å². The summed E-state index contributed by atoms with van der Waals surface area (Å²) in [5, 5.41) is 11.3. The predicted octanol–water partition coefficient (Wildman–Crippen LogP) is 5.96. The Morgan fingerprint density at radius 3 is 2.35 bits per heavy atom. The average Bonchev–Trinajstić information content (AvgIpc) is 3.39. The topological polar surface area (TPSA) is 101 Å². The number of aliphatic carboxylic acids is 1. The molecule has 4 rings (SSSR count). The Hall–Kier alpha value is -3.89. The van der Waals surface area contributed by atoms with Crippen LogP contribution < -0.4 is 4.74 Å². The largest absolute Gasteiger partial charge is 0.496 e. The van der Waals surface area contributed by atoms with Gasteiger partial charge in [0.15, 0.2) is 5.82 Å². The molecular weight excluding hydrogens is 458 g/mol. The molecule has 0 amide bonds. The molecule has 7 nitrogen and oxygen atoms in total. The lowest BCUT2D eigenvalue weighted by Gasteiger charge is -2.12. The van der Waals surface area contributed by atoms with Gasteiger partial charge in [-0.05, 0) is 29.8 Å². The number of rotatable bonds is 3. The number of hydrogen-bond acceptors (Lipinski definition) is 5. The highest BCUT2D eigenvalue weighted by Gasteiger charge is 2.38. The second-order valence-corrected chi connectivity index (χ2v) is 8.26. The van der Waals surface area contributed by atoms with E-state index in [9.17, 15) is 17.6 Å². The highest BCUT2D eigenvalue weighted by molar-refractivity contribution is 5.85. The fourth-order valence-electron chi connectivity index (χ4n) is 2.98. The quantitative estimate of drug-likeness (QED) is 0.352. The standard InChI is InChI=1S/C21H20FN3O2.C2HF3O2/c1-21(2,3)18-11-17(27-25-18)20-23-14-9-8-12(10-15(14)24-20)19-13(22)6-5-7-16(19)26-4;3-2(4,5)1(6)7/h5-11H,1-4H3,(H,23,24);(H,6,7). The molecular formula is C23H21F4N3O4. The average molecular weight is 479 g/mol. The number of benzene rings is 2. The zero-order chi connectivity index (χ0) is 25.3. The summed E-state index contributed by atoms with van der Waals surface area (Å²) in [6.07, 6.45) is -5.08. The third kappa shape index (κ3) is 5.36. The highest BCUT2D eigenvalue weighted by Crippen LogP contribution is 2.34. The van der Waals surface area contributed by atoms with E-state index in [0.717, 1.165) is 16.7 Å². The second kappa shape index (κ2) is 9.16. The Morgan fingerprint density at radius 1 is 1.12 bits per heavy atom. The molecule has 180 valence electrons. The second-order valence-electron chi connectivity index (χ2n) is 8.26. The minimum absolute atomic E-state index is 0.109. The zero-order valence-electron chi connectivity index (χ0n) is 18.6. The molecule has 0 aliphatic heterocycles. The van der Waals surface area contributed by atoms with Crippen LogP contribution in [0.3, 0.4) is 0 Å². The number of carboxylic acids is 1. The number of fused-ring (bicyclic) bond motifs is 1. The number of alkyl halides is 3. The van der Waals surface area contributed by atoms with Crippen LogP contribution in [0.25, 0.3) is 33.7 Å². The number of nitrogens with one attached hydrogen (secondary N) is 1. The summed E-state index contributed by atoms with van der Waals surface area (Å²) in [4.78, 5) is 16.7. The monoisotopic (exact) mass is 479 g/mol.